The average Bonchev–Trinajstić information content (AvgIpc) is 2.98. The molecule has 0 fully saturated rings. The number of para-hydroxylation sites is 1. The lowest BCUT2D eigenvalue weighted by Crippen LogP contribution is -2.20. The molecule has 0 aromatic heterocycles. The lowest BCUT2D eigenvalue weighted by atomic mass is 9.80. The number of hydrogen-bond acceptors (Lipinski definition) is 3. The van der Waals surface area contributed by atoms with Crippen LogP contribution < -0.4 is 9.47 Å². The Bertz CT molecular complexity index is 1200. The topological polar surface area (TPSA) is 27.7 Å². The molecule has 0 aliphatic rings. The quantitative estimate of drug-likeness (QED) is 0.102. The summed E-state index contributed by atoms with van der Waals surface area (Å²) in [6, 6.07) is 35.5. The van der Waals surface area contributed by atoms with E-state index in [0.717, 1.165) is 33.8 Å². The molecule has 0 aliphatic heterocycles. The van der Waals surface area contributed by atoms with E-state index in [1.807, 2.05) is 31.2 Å². The molecule has 0 aliphatic carbocycles. The second-order valence-electron chi connectivity index (χ2n) is 10.4. The second kappa shape index (κ2) is 15.7. The van der Waals surface area contributed by atoms with E-state index in [4.69, 9.17) is 14.2 Å². The summed E-state index contributed by atoms with van der Waals surface area (Å²) in [6.45, 7) is 17.9. The summed E-state index contributed by atoms with van der Waals surface area (Å²) in [5.74, 6) is 3.41. The molecule has 4 aromatic carbocycles. The standard InChI is InChI=1S/C35H40O3.C2H4/c1-25(2)34(26(3)4)30-19-21-31(22-20-30)38-27(5)36-23-24-37-35-32(28-13-8-6-9-14-28)17-12-18-33(35)29-15-10-7-11-16-29;1-2/h6-22,25-27,34H,23-24H2,1-5H3;1-2H2. The predicted octanol–water partition coefficient (Wildman–Crippen LogP) is 10.0. The highest BCUT2D eigenvalue weighted by molar-refractivity contribution is 5.82. The SMILES string of the molecule is C=C.CC(OCCOc1c(-c2ccccc2)cccc1-c1ccccc1)Oc1ccc(C(C(C)C)C(C)C)cc1. The second-order valence-corrected chi connectivity index (χ2v) is 10.4. The third kappa shape index (κ3) is 8.34. The van der Waals surface area contributed by atoms with Crippen LogP contribution in [0.15, 0.2) is 116 Å². The third-order valence-corrected chi connectivity index (χ3v) is 6.87. The van der Waals surface area contributed by atoms with Crippen molar-refractivity contribution in [1.29, 1.82) is 0 Å². The van der Waals surface area contributed by atoms with Gasteiger partial charge in [0.2, 0.25) is 0 Å². The van der Waals surface area contributed by atoms with E-state index in [2.05, 4.69) is 120 Å². The third-order valence-electron chi connectivity index (χ3n) is 6.87. The van der Waals surface area contributed by atoms with Gasteiger partial charge in [0, 0.05) is 11.1 Å². The lowest BCUT2D eigenvalue weighted by molar-refractivity contribution is -0.0738. The van der Waals surface area contributed by atoms with Crippen LogP contribution in [0.4, 0.5) is 0 Å². The minimum atomic E-state index is -0.381. The van der Waals surface area contributed by atoms with E-state index in [1.54, 1.807) is 0 Å². The summed E-state index contributed by atoms with van der Waals surface area (Å²) < 4.78 is 18.4. The van der Waals surface area contributed by atoms with Gasteiger partial charge in [-0.25, -0.2) is 0 Å². The van der Waals surface area contributed by atoms with Crippen LogP contribution in [-0.4, -0.2) is 19.5 Å². The molecule has 0 amide bonds. The Hall–Kier alpha value is -3.82. The molecule has 4 rings (SSSR count). The number of ether oxygens (including phenoxy) is 3. The zero-order chi connectivity index (χ0) is 28.9. The maximum atomic E-state index is 6.38. The van der Waals surface area contributed by atoms with Crippen LogP contribution in [0.3, 0.4) is 0 Å². The largest absolute Gasteiger partial charge is 0.490 e. The molecule has 210 valence electrons. The first kappa shape index (κ1) is 30.7. The van der Waals surface area contributed by atoms with Crippen molar-refractivity contribution in [2.24, 2.45) is 11.8 Å². The molecular formula is C37H44O3. The lowest BCUT2D eigenvalue weighted by Gasteiger charge is -2.25. The normalized spacial score (nSPS) is 11.7. The first-order chi connectivity index (χ1) is 19.4. The van der Waals surface area contributed by atoms with Gasteiger partial charge in [0.25, 0.3) is 0 Å². The van der Waals surface area contributed by atoms with Gasteiger partial charge in [-0.1, -0.05) is 119 Å². The molecule has 0 radical (unpaired) electrons. The van der Waals surface area contributed by atoms with E-state index in [9.17, 15) is 0 Å². The van der Waals surface area contributed by atoms with Gasteiger partial charge in [0.1, 0.15) is 18.1 Å². The zero-order valence-electron chi connectivity index (χ0n) is 24.7. The number of hydrogen-bond donors (Lipinski definition) is 0. The first-order valence-corrected chi connectivity index (χ1v) is 14.2. The smallest absolute Gasteiger partial charge is 0.197 e. The molecule has 40 heavy (non-hydrogen) atoms. The molecule has 3 heteroatoms. The van der Waals surface area contributed by atoms with Crippen LogP contribution in [0.5, 0.6) is 11.5 Å². The molecule has 1 atom stereocenters. The van der Waals surface area contributed by atoms with Crippen molar-refractivity contribution < 1.29 is 14.2 Å². The van der Waals surface area contributed by atoms with Crippen LogP contribution >= 0.6 is 0 Å². The highest BCUT2D eigenvalue weighted by Crippen LogP contribution is 2.39. The van der Waals surface area contributed by atoms with Crippen molar-refractivity contribution in [2.45, 2.75) is 46.8 Å². The molecule has 1 unspecified atom stereocenters. The Balaban J connectivity index is 0.00000216. The predicted molar refractivity (Wildman–Crippen MR) is 169 cm³/mol. The Morgan fingerprint density at radius 3 is 1.55 bits per heavy atom. The Kier molecular flexibility index (Phi) is 12.0. The highest BCUT2D eigenvalue weighted by atomic mass is 16.7. The maximum absolute atomic E-state index is 6.38. The monoisotopic (exact) mass is 536 g/mol. The van der Waals surface area contributed by atoms with Crippen molar-refractivity contribution >= 4 is 0 Å². The summed E-state index contributed by atoms with van der Waals surface area (Å²) in [5, 5.41) is 0. The van der Waals surface area contributed by atoms with Gasteiger partial charge in [-0.15, -0.1) is 13.2 Å². The molecule has 0 heterocycles. The zero-order valence-corrected chi connectivity index (χ0v) is 24.7. The molecule has 3 nitrogen and oxygen atoms in total. The van der Waals surface area contributed by atoms with E-state index in [-0.39, 0.29) is 6.29 Å². The Morgan fingerprint density at radius 1 is 0.575 bits per heavy atom. The van der Waals surface area contributed by atoms with Gasteiger partial charge in [-0.05, 0) is 53.5 Å². The molecule has 0 N–H and O–H groups in total. The highest BCUT2D eigenvalue weighted by Gasteiger charge is 2.19. The molecule has 0 saturated carbocycles. The maximum Gasteiger partial charge on any atom is 0.197 e. The van der Waals surface area contributed by atoms with Crippen LogP contribution in [0, 0.1) is 11.8 Å². The minimum absolute atomic E-state index is 0.381. The Morgan fingerprint density at radius 2 is 1.07 bits per heavy atom. The molecule has 0 saturated heterocycles. The Labute approximate surface area is 241 Å². The van der Waals surface area contributed by atoms with E-state index in [1.165, 1.54) is 5.56 Å². The van der Waals surface area contributed by atoms with Crippen molar-refractivity contribution in [3.8, 4) is 33.8 Å². The van der Waals surface area contributed by atoms with Crippen molar-refractivity contribution in [3.63, 3.8) is 0 Å². The van der Waals surface area contributed by atoms with Crippen LogP contribution in [0.25, 0.3) is 22.3 Å². The summed E-state index contributed by atoms with van der Waals surface area (Å²) in [4.78, 5) is 0. The number of rotatable bonds is 12. The minimum Gasteiger partial charge on any atom is -0.490 e. The van der Waals surface area contributed by atoms with Gasteiger partial charge >= 0.3 is 0 Å². The summed E-state index contributed by atoms with van der Waals surface area (Å²) in [5.41, 5.74) is 5.74. The van der Waals surface area contributed by atoms with E-state index >= 15 is 0 Å². The van der Waals surface area contributed by atoms with Gasteiger partial charge in [0.05, 0.1) is 6.61 Å². The van der Waals surface area contributed by atoms with Gasteiger partial charge in [-0.2, -0.15) is 0 Å². The molecule has 4 aromatic rings. The van der Waals surface area contributed by atoms with Gasteiger partial charge in [0.15, 0.2) is 6.29 Å². The van der Waals surface area contributed by atoms with E-state index in [0.29, 0.717) is 31.0 Å². The van der Waals surface area contributed by atoms with Crippen LogP contribution in [-0.2, 0) is 4.74 Å². The van der Waals surface area contributed by atoms with Gasteiger partial charge in [-0.3, -0.25) is 0 Å². The molecule has 0 spiro atoms. The fraction of sp³-hybridized carbons (Fsp3) is 0.297. The molecule has 0 bridgehead atoms. The van der Waals surface area contributed by atoms with Crippen LogP contribution in [0.1, 0.15) is 46.1 Å². The van der Waals surface area contributed by atoms with Crippen LogP contribution in [0.2, 0.25) is 0 Å². The first-order valence-electron chi connectivity index (χ1n) is 14.2. The summed E-state index contributed by atoms with van der Waals surface area (Å²) >= 11 is 0. The summed E-state index contributed by atoms with van der Waals surface area (Å²) in [7, 11) is 0. The molecular weight excluding hydrogens is 492 g/mol. The summed E-state index contributed by atoms with van der Waals surface area (Å²) in [6.07, 6.45) is -0.381. The van der Waals surface area contributed by atoms with Crippen molar-refractivity contribution in [2.75, 3.05) is 13.2 Å². The van der Waals surface area contributed by atoms with Gasteiger partial charge < -0.3 is 14.2 Å². The fourth-order valence-electron chi connectivity index (χ4n) is 5.27. The fourth-order valence-corrected chi connectivity index (χ4v) is 5.27. The average molecular weight is 537 g/mol. The van der Waals surface area contributed by atoms with Crippen molar-refractivity contribution in [3.05, 3.63) is 122 Å². The van der Waals surface area contributed by atoms with Crippen molar-refractivity contribution in [1.82, 2.24) is 0 Å². The number of benzene rings is 4. The van der Waals surface area contributed by atoms with E-state index < -0.39 is 0 Å².